The third-order valence-electron chi connectivity index (χ3n) is 3.71. The van der Waals surface area contributed by atoms with Crippen LogP contribution in [0.3, 0.4) is 0 Å². The standard InChI is InChI=1S/C18H9BrClN3S/c19-13-5-6-15(20)14(9-13)16-18-23(7-8-24-18)17(22-16)12-3-1-11(10-21)2-4-12/h1-9H. The van der Waals surface area contributed by atoms with Crippen LogP contribution in [0.1, 0.15) is 5.56 Å². The second-order valence-electron chi connectivity index (χ2n) is 5.18. The SMILES string of the molecule is N#Cc1ccc(-c2nc(-c3cc(Br)ccc3Cl)c3sccn23)cc1. The predicted octanol–water partition coefficient (Wildman–Crippen LogP) is 6.02. The number of benzene rings is 2. The van der Waals surface area contributed by atoms with Crippen LogP contribution in [0.25, 0.3) is 27.5 Å². The quantitative estimate of drug-likeness (QED) is 0.402. The van der Waals surface area contributed by atoms with Gasteiger partial charge < -0.3 is 0 Å². The summed E-state index contributed by atoms with van der Waals surface area (Å²) in [5.74, 6) is 0.835. The number of thiazole rings is 1. The molecule has 0 fully saturated rings. The second-order valence-corrected chi connectivity index (χ2v) is 7.39. The lowest BCUT2D eigenvalue weighted by molar-refractivity contribution is 1.19. The summed E-state index contributed by atoms with van der Waals surface area (Å²) >= 11 is 11.5. The van der Waals surface area contributed by atoms with Gasteiger partial charge in [0.25, 0.3) is 0 Å². The van der Waals surface area contributed by atoms with Crippen LogP contribution >= 0.6 is 38.9 Å². The largest absolute Gasteiger partial charge is 0.290 e. The van der Waals surface area contributed by atoms with E-state index in [9.17, 15) is 0 Å². The maximum absolute atomic E-state index is 8.96. The number of fused-ring (bicyclic) bond motifs is 1. The van der Waals surface area contributed by atoms with Crippen molar-refractivity contribution in [1.29, 1.82) is 5.26 Å². The van der Waals surface area contributed by atoms with Crippen molar-refractivity contribution in [3.8, 4) is 28.7 Å². The van der Waals surface area contributed by atoms with E-state index in [1.54, 1.807) is 23.5 Å². The van der Waals surface area contributed by atoms with Gasteiger partial charge in [0.05, 0.1) is 16.7 Å². The molecule has 4 aromatic rings. The minimum Gasteiger partial charge on any atom is -0.290 e. The van der Waals surface area contributed by atoms with Crippen LogP contribution in [0.15, 0.2) is 58.5 Å². The molecule has 2 heterocycles. The monoisotopic (exact) mass is 413 g/mol. The fraction of sp³-hybridized carbons (Fsp3) is 0. The Balaban J connectivity index is 1.94. The summed E-state index contributed by atoms with van der Waals surface area (Å²) in [6, 6.07) is 15.3. The molecule has 0 spiro atoms. The summed E-state index contributed by atoms with van der Waals surface area (Å²) in [6.07, 6.45) is 2.00. The maximum atomic E-state index is 8.96. The molecule has 0 aliphatic carbocycles. The molecule has 0 amide bonds. The van der Waals surface area contributed by atoms with Crippen LogP contribution in [0.5, 0.6) is 0 Å². The molecule has 6 heteroatoms. The zero-order valence-corrected chi connectivity index (χ0v) is 15.4. The Morgan fingerprint density at radius 2 is 1.96 bits per heavy atom. The van der Waals surface area contributed by atoms with Gasteiger partial charge in [-0.05, 0) is 42.5 Å². The molecule has 4 rings (SSSR count). The number of aromatic nitrogens is 2. The molecule has 0 aliphatic heterocycles. The zero-order valence-electron chi connectivity index (χ0n) is 12.2. The Labute approximate surface area is 155 Å². The van der Waals surface area contributed by atoms with E-state index in [1.807, 2.05) is 41.9 Å². The molecule has 0 aliphatic rings. The van der Waals surface area contributed by atoms with Gasteiger partial charge in [-0.15, -0.1) is 11.3 Å². The van der Waals surface area contributed by atoms with Crippen LogP contribution in [-0.2, 0) is 0 Å². The average molecular weight is 415 g/mol. The van der Waals surface area contributed by atoms with Gasteiger partial charge in [-0.2, -0.15) is 5.26 Å². The number of rotatable bonds is 2. The zero-order chi connectivity index (χ0) is 16.7. The summed E-state index contributed by atoms with van der Waals surface area (Å²) in [4.78, 5) is 5.87. The number of hydrogen-bond acceptors (Lipinski definition) is 3. The van der Waals surface area contributed by atoms with Gasteiger partial charge in [0.1, 0.15) is 16.3 Å². The lowest BCUT2D eigenvalue weighted by Gasteiger charge is -2.01. The fourth-order valence-corrected chi connectivity index (χ4v) is 3.98. The maximum Gasteiger partial charge on any atom is 0.145 e. The highest BCUT2D eigenvalue weighted by Crippen LogP contribution is 2.37. The van der Waals surface area contributed by atoms with Gasteiger partial charge in [-0.25, -0.2) is 4.98 Å². The minimum absolute atomic E-state index is 0.632. The van der Waals surface area contributed by atoms with E-state index in [0.29, 0.717) is 10.6 Å². The molecule has 2 aromatic carbocycles. The van der Waals surface area contributed by atoms with Crippen molar-refractivity contribution in [2.75, 3.05) is 0 Å². The van der Waals surface area contributed by atoms with Crippen LogP contribution in [-0.4, -0.2) is 9.38 Å². The van der Waals surface area contributed by atoms with Crippen molar-refractivity contribution < 1.29 is 0 Å². The van der Waals surface area contributed by atoms with Crippen LogP contribution in [0.2, 0.25) is 5.02 Å². The highest BCUT2D eigenvalue weighted by Gasteiger charge is 2.17. The number of hydrogen-bond donors (Lipinski definition) is 0. The van der Waals surface area contributed by atoms with E-state index in [2.05, 4.69) is 26.4 Å². The molecule has 24 heavy (non-hydrogen) atoms. The van der Waals surface area contributed by atoms with Crippen molar-refractivity contribution in [2.45, 2.75) is 0 Å². The van der Waals surface area contributed by atoms with Crippen molar-refractivity contribution >= 4 is 43.7 Å². The van der Waals surface area contributed by atoms with E-state index in [-0.39, 0.29) is 0 Å². The molecule has 116 valence electrons. The molecule has 0 saturated heterocycles. The third-order valence-corrected chi connectivity index (χ3v) is 5.41. The Hall–Kier alpha value is -2.13. The van der Waals surface area contributed by atoms with E-state index in [4.69, 9.17) is 21.8 Å². The number of nitriles is 1. The molecular formula is C18H9BrClN3S. The highest BCUT2D eigenvalue weighted by atomic mass is 79.9. The molecule has 0 atom stereocenters. The number of imidazole rings is 1. The van der Waals surface area contributed by atoms with Gasteiger partial charge in [0.15, 0.2) is 0 Å². The summed E-state index contributed by atoms with van der Waals surface area (Å²) < 4.78 is 3.01. The number of nitrogens with zero attached hydrogens (tertiary/aromatic N) is 3. The van der Waals surface area contributed by atoms with Gasteiger partial charge in [0.2, 0.25) is 0 Å². The van der Waals surface area contributed by atoms with E-state index >= 15 is 0 Å². The van der Waals surface area contributed by atoms with Crippen molar-refractivity contribution in [2.24, 2.45) is 0 Å². The van der Waals surface area contributed by atoms with Crippen molar-refractivity contribution in [1.82, 2.24) is 9.38 Å². The Kier molecular flexibility index (Phi) is 3.89. The lowest BCUT2D eigenvalue weighted by atomic mass is 10.1. The molecule has 0 saturated carbocycles. The topological polar surface area (TPSA) is 41.1 Å². The molecule has 3 nitrogen and oxygen atoms in total. The van der Waals surface area contributed by atoms with Crippen LogP contribution in [0, 0.1) is 11.3 Å². The minimum atomic E-state index is 0.632. The second kappa shape index (κ2) is 6.06. The molecule has 0 radical (unpaired) electrons. The van der Waals surface area contributed by atoms with Crippen molar-refractivity contribution in [3.63, 3.8) is 0 Å². The van der Waals surface area contributed by atoms with Gasteiger partial charge in [-0.1, -0.05) is 27.5 Å². The van der Waals surface area contributed by atoms with Crippen LogP contribution in [0.4, 0.5) is 0 Å². The Morgan fingerprint density at radius 3 is 2.71 bits per heavy atom. The molecule has 0 unspecified atom stereocenters. The van der Waals surface area contributed by atoms with Gasteiger partial charge in [0, 0.05) is 27.2 Å². The molecule has 0 bridgehead atoms. The normalized spacial score (nSPS) is 10.9. The fourth-order valence-electron chi connectivity index (χ4n) is 2.58. The lowest BCUT2D eigenvalue weighted by Crippen LogP contribution is -1.86. The highest BCUT2D eigenvalue weighted by molar-refractivity contribution is 9.10. The van der Waals surface area contributed by atoms with Crippen LogP contribution < -0.4 is 0 Å². The Morgan fingerprint density at radius 1 is 1.17 bits per heavy atom. The average Bonchev–Trinajstić information content (AvgIpc) is 3.20. The first-order valence-corrected chi connectivity index (χ1v) is 9.14. The first-order chi connectivity index (χ1) is 11.7. The van der Waals surface area contributed by atoms with E-state index in [1.165, 1.54) is 0 Å². The van der Waals surface area contributed by atoms with E-state index < -0.39 is 0 Å². The first kappa shape index (κ1) is 15.4. The summed E-state index contributed by atoms with van der Waals surface area (Å²) in [6.45, 7) is 0. The summed E-state index contributed by atoms with van der Waals surface area (Å²) in [5, 5.41) is 11.7. The molecule has 0 N–H and O–H groups in total. The number of halogens is 2. The Bertz CT molecular complexity index is 1090. The van der Waals surface area contributed by atoms with Gasteiger partial charge in [-0.3, -0.25) is 4.40 Å². The first-order valence-electron chi connectivity index (χ1n) is 7.09. The van der Waals surface area contributed by atoms with Gasteiger partial charge >= 0.3 is 0 Å². The third kappa shape index (κ3) is 2.53. The smallest absolute Gasteiger partial charge is 0.145 e. The summed E-state index contributed by atoms with van der Waals surface area (Å²) in [5.41, 5.74) is 3.34. The molecular weight excluding hydrogens is 406 g/mol. The predicted molar refractivity (Wildman–Crippen MR) is 101 cm³/mol. The van der Waals surface area contributed by atoms with Crippen molar-refractivity contribution in [3.05, 3.63) is 69.1 Å². The molecule has 2 aromatic heterocycles. The summed E-state index contributed by atoms with van der Waals surface area (Å²) in [7, 11) is 0. The van der Waals surface area contributed by atoms with E-state index in [0.717, 1.165) is 31.9 Å².